The molecule has 0 aliphatic carbocycles. The van der Waals surface area contributed by atoms with Crippen LogP contribution in [0.15, 0.2) is 48.5 Å². The van der Waals surface area contributed by atoms with E-state index in [9.17, 15) is 14.7 Å². The lowest BCUT2D eigenvalue weighted by Crippen LogP contribution is -2.44. The normalized spacial score (nSPS) is 16.2. The van der Waals surface area contributed by atoms with Crippen LogP contribution in [0.25, 0.3) is 0 Å². The fourth-order valence-corrected chi connectivity index (χ4v) is 3.83. The Morgan fingerprint density at radius 1 is 1.10 bits per heavy atom. The Labute approximate surface area is 171 Å². The van der Waals surface area contributed by atoms with Gasteiger partial charge in [0.25, 0.3) is 0 Å². The highest BCUT2D eigenvalue weighted by molar-refractivity contribution is 6.02. The number of carbonyl (C=O) groups excluding carboxylic acids is 2. The van der Waals surface area contributed by atoms with Crippen LogP contribution in [-0.4, -0.2) is 41.6 Å². The van der Waals surface area contributed by atoms with E-state index in [2.05, 4.69) is 10.6 Å². The number of amides is 3. The van der Waals surface area contributed by atoms with Crippen LogP contribution in [-0.2, 0) is 4.79 Å². The quantitative estimate of drug-likeness (QED) is 0.725. The summed E-state index contributed by atoms with van der Waals surface area (Å²) in [6.45, 7) is 5.52. The third-order valence-electron chi connectivity index (χ3n) is 5.47. The molecule has 1 fully saturated rings. The molecule has 0 aromatic heterocycles. The largest absolute Gasteiger partial charge is 0.388 e. The zero-order valence-corrected chi connectivity index (χ0v) is 17.0. The monoisotopic (exact) mass is 395 g/mol. The molecule has 2 aromatic carbocycles. The molecular weight excluding hydrogens is 366 g/mol. The first kappa shape index (κ1) is 21.0. The number of likely N-dealkylation sites (tertiary alicyclic amines) is 1. The van der Waals surface area contributed by atoms with Crippen LogP contribution >= 0.6 is 0 Å². The molecule has 29 heavy (non-hydrogen) atoms. The van der Waals surface area contributed by atoms with Gasteiger partial charge >= 0.3 is 6.03 Å². The predicted octanol–water partition coefficient (Wildman–Crippen LogP) is 3.40. The molecular formula is C23H29N3O3. The second-order valence-corrected chi connectivity index (χ2v) is 7.79. The summed E-state index contributed by atoms with van der Waals surface area (Å²) in [7, 11) is 0. The number of anilines is 1. The Morgan fingerprint density at radius 2 is 1.79 bits per heavy atom. The number of hydrogen-bond acceptors (Lipinski definition) is 4. The molecule has 6 heteroatoms. The smallest absolute Gasteiger partial charge is 0.325 e. The van der Waals surface area contributed by atoms with Gasteiger partial charge in [-0.1, -0.05) is 48.0 Å². The van der Waals surface area contributed by atoms with Crippen LogP contribution in [0.3, 0.4) is 0 Å². The highest BCUT2D eigenvalue weighted by Crippen LogP contribution is 2.30. The summed E-state index contributed by atoms with van der Waals surface area (Å²) in [5, 5.41) is 15.7. The third kappa shape index (κ3) is 5.89. The number of nitrogens with zero attached hydrogens (tertiary/aromatic N) is 1. The topological polar surface area (TPSA) is 81.7 Å². The molecule has 1 unspecified atom stereocenters. The van der Waals surface area contributed by atoms with E-state index in [1.807, 2.05) is 67.3 Å². The standard InChI is InChI=1S/C23H29N3O3/c1-16-8-9-20(17(2)14-16)24-23(29)25-21(27)15-26-12-10-19(11-13-26)22(28)18-6-4-3-5-7-18/h3-9,14,19,22,28H,10-13,15H2,1-2H3,(H2,24,25,27,29). The van der Waals surface area contributed by atoms with Crippen molar-refractivity contribution in [1.82, 2.24) is 10.2 Å². The summed E-state index contributed by atoms with van der Waals surface area (Å²) < 4.78 is 0. The van der Waals surface area contributed by atoms with Gasteiger partial charge < -0.3 is 10.4 Å². The number of aliphatic hydroxyl groups is 1. The van der Waals surface area contributed by atoms with Crippen molar-refractivity contribution in [2.45, 2.75) is 32.8 Å². The maximum Gasteiger partial charge on any atom is 0.325 e. The lowest BCUT2D eigenvalue weighted by atomic mass is 9.87. The summed E-state index contributed by atoms with van der Waals surface area (Å²) >= 11 is 0. The number of nitrogens with one attached hydrogen (secondary N) is 2. The van der Waals surface area contributed by atoms with E-state index >= 15 is 0 Å². The Morgan fingerprint density at radius 3 is 2.45 bits per heavy atom. The van der Waals surface area contributed by atoms with Crippen LogP contribution in [0.5, 0.6) is 0 Å². The molecule has 3 amide bonds. The van der Waals surface area contributed by atoms with Crippen LogP contribution < -0.4 is 10.6 Å². The number of carbonyl (C=O) groups is 2. The maximum atomic E-state index is 12.2. The van der Waals surface area contributed by atoms with Crippen molar-refractivity contribution >= 4 is 17.6 Å². The summed E-state index contributed by atoms with van der Waals surface area (Å²) in [5.74, 6) is -0.140. The number of aliphatic hydroxyl groups excluding tert-OH is 1. The van der Waals surface area contributed by atoms with Crippen molar-refractivity contribution < 1.29 is 14.7 Å². The van der Waals surface area contributed by atoms with E-state index < -0.39 is 12.1 Å². The van der Waals surface area contributed by atoms with E-state index in [4.69, 9.17) is 0 Å². The Kier molecular flexibility index (Phi) is 7.01. The molecule has 3 N–H and O–H groups in total. The van der Waals surface area contributed by atoms with Gasteiger partial charge in [-0.3, -0.25) is 15.0 Å². The maximum absolute atomic E-state index is 12.2. The van der Waals surface area contributed by atoms with Gasteiger partial charge in [-0.2, -0.15) is 0 Å². The Bertz CT molecular complexity index is 846. The number of urea groups is 1. The SMILES string of the molecule is Cc1ccc(NC(=O)NC(=O)CN2CCC(C(O)c3ccccc3)CC2)c(C)c1. The average molecular weight is 396 g/mol. The molecule has 0 bridgehead atoms. The second-order valence-electron chi connectivity index (χ2n) is 7.79. The number of benzene rings is 2. The lowest BCUT2D eigenvalue weighted by Gasteiger charge is -2.33. The summed E-state index contributed by atoms with van der Waals surface area (Å²) in [6.07, 6.45) is 1.16. The number of imide groups is 1. The third-order valence-corrected chi connectivity index (χ3v) is 5.47. The van der Waals surface area contributed by atoms with Crippen LogP contribution in [0.1, 0.15) is 35.6 Å². The number of aryl methyl sites for hydroxylation is 2. The van der Waals surface area contributed by atoms with E-state index in [0.717, 1.165) is 42.6 Å². The first-order valence-corrected chi connectivity index (χ1v) is 10.1. The number of piperidine rings is 1. The van der Waals surface area contributed by atoms with E-state index in [-0.39, 0.29) is 18.4 Å². The van der Waals surface area contributed by atoms with Crippen LogP contribution in [0.2, 0.25) is 0 Å². The molecule has 1 aliphatic heterocycles. The highest BCUT2D eigenvalue weighted by atomic mass is 16.3. The van der Waals surface area contributed by atoms with Gasteiger partial charge in [0.15, 0.2) is 0 Å². The van der Waals surface area contributed by atoms with Crippen molar-refractivity contribution in [2.24, 2.45) is 5.92 Å². The molecule has 0 radical (unpaired) electrons. The zero-order chi connectivity index (χ0) is 20.8. The van der Waals surface area contributed by atoms with Gasteiger partial charge in [-0.05, 0) is 62.9 Å². The van der Waals surface area contributed by atoms with E-state index in [0.29, 0.717) is 5.69 Å². The first-order chi connectivity index (χ1) is 13.9. The van der Waals surface area contributed by atoms with Crippen LogP contribution in [0, 0.1) is 19.8 Å². The minimum atomic E-state index is -0.517. The zero-order valence-electron chi connectivity index (χ0n) is 17.0. The molecule has 1 aliphatic rings. The van der Waals surface area contributed by atoms with Gasteiger partial charge in [0.05, 0.1) is 12.6 Å². The molecule has 154 valence electrons. The van der Waals surface area contributed by atoms with Gasteiger partial charge in [0.2, 0.25) is 5.91 Å². The van der Waals surface area contributed by atoms with Gasteiger partial charge in [-0.25, -0.2) is 4.79 Å². The van der Waals surface area contributed by atoms with Crippen molar-refractivity contribution in [1.29, 1.82) is 0 Å². The number of rotatable bonds is 5. The van der Waals surface area contributed by atoms with Gasteiger partial charge in [0, 0.05) is 5.69 Å². The fraction of sp³-hybridized carbons (Fsp3) is 0.391. The van der Waals surface area contributed by atoms with Crippen molar-refractivity contribution in [3.05, 3.63) is 65.2 Å². The summed E-state index contributed by atoms with van der Waals surface area (Å²) in [5.41, 5.74) is 3.69. The predicted molar refractivity (Wildman–Crippen MR) is 114 cm³/mol. The molecule has 6 nitrogen and oxygen atoms in total. The molecule has 0 saturated carbocycles. The fourth-order valence-electron chi connectivity index (χ4n) is 3.83. The van der Waals surface area contributed by atoms with Crippen molar-refractivity contribution in [3.63, 3.8) is 0 Å². The summed E-state index contributed by atoms with van der Waals surface area (Å²) in [6, 6.07) is 14.9. The van der Waals surface area contributed by atoms with Gasteiger partial charge in [0.1, 0.15) is 0 Å². The number of hydrogen-bond donors (Lipinski definition) is 3. The van der Waals surface area contributed by atoms with Gasteiger partial charge in [-0.15, -0.1) is 0 Å². The van der Waals surface area contributed by atoms with E-state index in [1.54, 1.807) is 0 Å². The minimum Gasteiger partial charge on any atom is -0.388 e. The highest BCUT2D eigenvalue weighted by Gasteiger charge is 2.27. The lowest BCUT2D eigenvalue weighted by molar-refractivity contribution is -0.121. The minimum absolute atomic E-state index is 0.175. The molecule has 1 saturated heterocycles. The average Bonchev–Trinajstić information content (AvgIpc) is 2.70. The van der Waals surface area contributed by atoms with Crippen molar-refractivity contribution in [3.8, 4) is 0 Å². The first-order valence-electron chi connectivity index (χ1n) is 10.1. The Balaban J connectivity index is 1.43. The Hall–Kier alpha value is -2.70. The summed E-state index contributed by atoms with van der Waals surface area (Å²) in [4.78, 5) is 26.4. The molecule has 0 spiro atoms. The second kappa shape index (κ2) is 9.67. The molecule has 2 aromatic rings. The molecule has 3 rings (SSSR count). The molecule has 1 atom stereocenters. The molecule has 1 heterocycles. The van der Waals surface area contributed by atoms with Crippen LogP contribution in [0.4, 0.5) is 10.5 Å². The van der Waals surface area contributed by atoms with E-state index in [1.165, 1.54) is 0 Å². The van der Waals surface area contributed by atoms with Crippen molar-refractivity contribution in [2.75, 3.05) is 25.0 Å².